The van der Waals surface area contributed by atoms with Gasteiger partial charge in [0.1, 0.15) is 30.1 Å². The molecular weight excluding hydrogens is 939 g/mol. The average molecular weight is 1030 g/mol. The largest absolute Gasteiger partial charge is 0.460 e. The van der Waals surface area contributed by atoms with Gasteiger partial charge in [0.25, 0.3) is 11.7 Å². The van der Waals surface area contributed by atoms with Crippen LogP contribution in [-0.2, 0) is 57.1 Å². The van der Waals surface area contributed by atoms with Crippen LogP contribution in [0.15, 0.2) is 47.6 Å². The summed E-state index contributed by atoms with van der Waals surface area (Å²) in [7, 11) is 4.52. The van der Waals surface area contributed by atoms with E-state index in [1.165, 1.54) is 12.0 Å². The van der Waals surface area contributed by atoms with Crippen LogP contribution < -0.4 is 0 Å². The zero-order chi connectivity index (χ0) is 54.6. The molecule has 0 aromatic rings. The lowest BCUT2D eigenvalue weighted by Crippen LogP contribution is -2.61. The number of aliphatic hydroxyl groups excluding tert-OH is 2. The van der Waals surface area contributed by atoms with Crippen LogP contribution in [0.2, 0.25) is 0 Å². The Bertz CT molecular complexity index is 1870. The number of hydrogen-bond donors (Lipinski definition) is 3. The van der Waals surface area contributed by atoms with Crippen molar-refractivity contribution in [1.29, 1.82) is 0 Å². The average Bonchev–Trinajstić information content (AvgIpc) is 3.36. The third-order valence-electron chi connectivity index (χ3n) is 15.3. The van der Waals surface area contributed by atoms with E-state index in [1.54, 1.807) is 41.1 Å². The van der Waals surface area contributed by atoms with Crippen LogP contribution in [0.3, 0.4) is 0 Å². The fraction of sp³-hybridized carbons (Fsp3) is 0.772. The molecule has 1 saturated carbocycles. The maximum Gasteiger partial charge on any atom is 0.329 e. The molecule has 73 heavy (non-hydrogen) atoms. The lowest BCUT2D eigenvalue weighted by Gasteiger charge is -2.42. The number of ketones is 3. The predicted molar refractivity (Wildman–Crippen MR) is 278 cm³/mol. The number of Topliss-reactive ketones (excluding diaryl/α,β-unsaturated/α-hetero) is 3. The monoisotopic (exact) mass is 1030 g/mol. The molecule has 3 fully saturated rings. The number of aliphatic hydroxyl groups is 3. The van der Waals surface area contributed by atoms with Gasteiger partial charge in [-0.1, -0.05) is 71.1 Å². The molecule has 1 aliphatic carbocycles. The van der Waals surface area contributed by atoms with Gasteiger partial charge in [-0.25, -0.2) is 4.79 Å². The summed E-state index contributed by atoms with van der Waals surface area (Å²) in [5.41, 5.74) is 1.27. The number of cyclic esters (lactones) is 1. The van der Waals surface area contributed by atoms with Crippen molar-refractivity contribution in [3.05, 3.63) is 47.6 Å². The van der Waals surface area contributed by atoms with Crippen molar-refractivity contribution < 1.29 is 72.5 Å². The van der Waals surface area contributed by atoms with Crippen molar-refractivity contribution in [1.82, 2.24) is 4.90 Å². The lowest BCUT2D eigenvalue weighted by molar-refractivity contribution is -0.265. The van der Waals surface area contributed by atoms with Gasteiger partial charge >= 0.3 is 5.97 Å². The molecule has 3 heterocycles. The van der Waals surface area contributed by atoms with Gasteiger partial charge in [0.15, 0.2) is 12.1 Å². The van der Waals surface area contributed by atoms with Crippen LogP contribution >= 0.6 is 0 Å². The zero-order valence-corrected chi connectivity index (χ0v) is 46.4. The smallest absolute Gasteiger partial charge is 0.329 e. The van der Waals surface area contributed by atoms with Crippen LogP contribution in [0, 0.1) is 35.5 Å². The number of esters is 1. The Morgan fingerprint density at radius 3 is 2.12 bits per heavy atom. The number of allylic oxidation sites excluding steroid dienone is 6. The Balaban J connectivity index is 0.00000161. The molecule has 0 unspecified atom stereocenters. The predicted octanol–water partition coefficient (Wildman–Crippen LogP) is 7.59. The first-order valence-corrected chi connectivity index (χ1v) is 27.0. The lowest BCUT2D eigenvalue weighted by atomic mass is 9.78. The van der Waals surface area contributed by atoms with Gasteiger partial charge in [0.2, 0.25) is 5.79 Å². The highest BCUT2D eigenvalue weighted by molar-refractivity contribution is 6.39. The zero-order valence-electron chi connectivity index (χ0n) is 46.4. The molecule has 0 spiro atoms. The number of carbonyl (C=O) groups excluding carboxylic acids is 5. The number of fused-ring (bicyclic) bond motifs is 3. The molecule has 0 radical (unpaired) electrons. The van der Waals surface area contributed by atoms with E-state index in [0.29, 0.717) is 63.4 Å². The summed E-state index contributed by atoms with van der Waals surface area (Å²) in [5.74, 6) is -7.96. The molecule has 3 N–H and O–H groups in total. The van der Waals surface area contributed by atoms with Crippen LogP contribution in [0.1, 0.15) is 146 Å². The maximum atomic E-state index is 14.4. The molecule has 15 atom stereocenters. The fourth-order valence-electron chi connectivity index (χ4n) is 10.6. The van der Waals surface area contributed by atoms with Crippen molar-refractivity contribution in [3.8, 4) is 0 Å². The number of piperidine rings is 1. The second-order valence-electron chi connectivity index (χ2n) is 21.1. The number of amides is 1. The minimum Gasteiger partial charge on any atom is -0.460 e. The first kappa shape index (κ1) is 63.8. The number of nitrogens with zero attached hydrogens (tertiary/aromatic N) is 1. The standard InChI is InChI=1S/C51H79NO13.C6H14O2/c1-30-16-12-11-13-17-31(2)42(61-8)28-38-21-19-36(7)51(60,65-38)48(57)49(58)52-23-15-14-18-39(52)50(59)64-43(33(4)26-37-20-22-40(53)44(27-37)62-9)29-41(54)32(3)25-35(6)46(56)47(63-10)45(55)34(5)24-30;1-4-7-6(3)8-5-2/h11-13,16-17,25,30,32-34,36-40,42-44,46-47,53,56,60H,14-15,18-24,26-29H2,1-10H3;6H,4-5H2,1-3H3/b13-11+,16-12+,31-17+,35-25+;/t30-,32-,33-,34-,36-,37+,38+,39+,40-,42+,43+,44-,46-,47+,51-;/m1./s1. The molecule has 2 saturated heterocycles. The third-order valence-corrected chi connectivity index (χ3v) is 15.3. The Hall–Kier alpha value is -3.45. The van der Waals surface area contributed by atoms with Crippen LogP contribution in [-0.4, -0.2) is 151 Å². The molecule has 0 aromatic heterocycles. The number of methoxy groups -OCH3 is 3. The van der Waals surface area contributed by atoms with E-state index in [-0.39, 0.29) is 61.1 Å². The minimum absolute atomic E-state index is 0.0193. The highest BCUT2D eigenvalue weighted by Gasteiger charge is 2.53. The van der Waals surface area contributed by atoms with Crippen molar-refractivity contribution in [3.63, 3.8) is 0 Å². The van der Waals surface area contributed by atoms with Crippen LogP contribution in [0.4, 0.5) is 0 Å². The molecule has 1 amide bonds. The normalized spacial score (nSPS) is 37.1. The summed E-state index contributed by atoms with van der Waals surface area (Å²) in [6.45, 7) is 20.0. The Kier molecular flexibility index (Phi) is 27.6. The topological polar surface area (TPSA) is 214 Å². The minimum atomic E-state index is -2.43. The van der Waals surface area contributed by atoms with Crippen LogP contribution in [0.25, 0.3) is 0 Å². The molecule has 16 heteroatoms. The van der Waals surface area contributed by atoms with E-state index < -0.39 is 83.9 Å². The first-order valence-electron chi connectivity index (χ1n) is 27.0. The maximum absolute atomic E-state index is 14.4. The molecule has 2 bridgehead atoms. The number of carbonyl (C=O) groups is 5. The van der Waals surface area contributed by atoms with Crippen molar-refractivity contribution >= 4 is 29.2 Å². The Morgan fingerprint density at radius 1 is 0.808 bits per heavy atom. The molecule has 16 nitrogen and oxygen atoms in total. The van der Waals surface area contributed by atoms with Crippen molar-refractivity contribution in [2.24, 2.45) is 35.5 Å². The SMILES string of the molecule is CCOC(C)OCC.CO[C@H]1C[C@@H]2CC[C@@H](C)[C@@](O)(O2)C(=O)C(=O)N2CCCC[C@H]2C(=O)O[C@H]([C@H](C)C[C@@H]2CC[C@@H](O)[C@H](OC)C2)CC(=O)[C@H](C)/C=C(\C)[C@@H](O)[C@@H](OC)C(=O)[C@H](C)C[C@H](C)/C=C/C=C/C=C/1C. The molecule has 4 aliphatic rings. The van der Waals surface area contributed by atoms with E-state index in [0.717, 1.165) is 25.2 Å². The van der Waals surface area contributed by atoms with Gasteiger partial charge in [0.05, 0.1) is 24.4 Å². The van der Waals surface area contributed by atoms with E-state index in [2.05, 4.69) is 0 Å². The molecular formula is C57H93NO15. The fourth-order valence-corrected chi connectivity index (χ4v) is 10.6. The van der Waals surface area contributed by atoms with E-state index in [9.17, 15) is 39.3 Å². The Morgan fingerprint density at radius 2 is 1.49 bits per heavy atom. The van der Waals surface area contributed by atoms with E-state index in [4.69, 9.17) is 33.2 Å². The third kappa shape index (κ3) is 19.0. The summed E-state index contributed by atoms with van der Waals surface area (Å²) in [6.07, 6.45) is 11.1. The highest BCUT2D eigenvalue weighted by atomic mass is 16.7. The van der Waals surface area contributed by atoms with E-state index in [1.807, 2.05) is 78.8 Å². The van der Waals surface area contributed by atoms with Gasteiger partial charge in [-0.15, -0.1) is 0 Å². The van der Waals surface area contributed by atoms with Gasteiger partial charge in [0, 0.05) is 71.7 Å². The van der Waals surface area contributed by atoms with Gasteiger partial charge < -0.3 is 53.4 Å². The second kappa shape index (κ2) is 31.6. The van der Waals surface area contributed by atoms with Crippen LogP contribution in [0.5, 0.6) is 0 Å². The first-order chi connectivity index (χ1) is 34.6. The number of rotatable bonds is 10. The summed E-state index contributed by atoms with van der Waals surface area (Å²) in [5, 5.41) is 33.8. The van der Waals surface area contributed by atoms with Gasteiger partial charge in [-0.3, -0.25) is 19.2 Å². The van der Waals surface area contributed by atoms with Crippen molar-refractivity contribution in [2.45, 2.75) is 207 Å². The summed E-state index contributed by atoms with van der Waals surface area (Å²) < 4.78 is 39.5. The number of ether oxygens (including phenoxy) is 7. The summed E-state index contributed by atoms with van der Waals surface area (Å²) >= 11 is 0. The van der Waals surface area contributed by atoms with Crippen molar-refractivity contribution in [2.75, 3.05) is 41.1 Å². The second-order valence-corrected chi connectivity index (χ2v) is 21.1. The van der Waals surface area contributed by atoms with E-state index >= 15 is 0 Å². The van der Waals surface area contributed by atoms with Gasteiger partial charge in [-0.2, -0.15) is 0 Å². The number of hydrogen-bond acceptors (Lipinski definition) is 15. The quantitative estimate of drug-likeness (QED) is 0.0832. The highest BCUT2D eigenvalue weighted by Crippen LogP contribution is 2.38. The molecule has 0 aromatic carbocycles. The molecule has 3 aliphatic heterocycles. The molecule has 4 rings (SSSR count). The summed E-state index contributed by atoms with van der Waals surface area (Å²) in [4.78, 5) is 71.8. The summed E-state index contributed by atoms with van der Waals surface area (Å²) in [6, 6.07) is -1.14. The molecule has 416 valence electrons. The van der Waals surface area contributed by atoms with Gasteiger partial charge in [-0.05, 0) is 128 Å². The Labute approximate surface area is 436 Å².